The van der Waals surface area contributed by atoms with Gasteiger partial charge in [-0.25, -0.2) is 0 Å². The highest BCUT2D eigenvalue weighted by Gasteiger charge is 2.33. The van der Waals surface area contributed by atoms with Crippen LogP contribution in [-0.4, -0.2) is 37.1 Å². The fourth-order valence-corrected chi connectivity index (χ4v) is 3.95. The van der Waals surface area contributed by atoms with Crippen molar-refractivity contribution in [3.05, 3.63) is 35.4 Å². The summed E-state index contributed by atoms with van der Waals surface area (Å²) < 4.78 is 0. The van der Waals surface area contributed by atoms with E-state index < -0.39 is 0 Å². The van der Waals surface area contributed by atoms with Crippen LogP contribution < -0.4 is 5.32 Å². The first-order valence-electron chi connectivity index (χ1n) is 8.99. The summed E-state index contributed by atoms with van der Waals surface area (Å²) >= 11 is 0. The van der Waals surface area contributed by atoms with Gasteiger partial charge in [-0.05, 0) is 54.3 Å². The predicted octanol–water partition coefficient (Wildman–Crippen LogP) is 3.77. The quantitative estimate of drug-likeness (QED) is 0.910. The van der Waals surface area contributed by atoms with Gasteiger partial charge < -0.3 is 10.2 Å². The summed E-state index contributed by atoms with van der Waals surface area (Å²) in [6.07, 6.45) is 2.79. The molecular formula is C20H32N2. The molecule has 1 N–H and O–H groups in total. The lowest BCUT2D eigenvalue weighted by Crippen LogP contribution is -2.56. The van der Waals surface area contributed by atoms with Crippen LogP contribution in [0.1, 0.15) is 57.6 Å². The van der Waals surface area contributed by atoms with Crippen molar-refractivity contribution in [2.75, 3.05) is 26.2 Å². The van der Waals surface area contributed by atoms with Crippen LogP contribution in [0.2, 0.25) is 0 Å². The van der Waals surface area contributed by atoms with Crippen molar-refractivity contribution in [1.82, 2.24) is 10.2 Å². The molecule has 22 heavy (non-hydrogen) atoms. The molecule has 0 radical (unpaired) electrons. The zero-order valence-electron chi connectivity index (χ0n) is 14.7. The molecule has 0 saturated carbocycles. The smallest absolute Gasteiger partial charge is 0.0224 e. The monoisotopic (exact) mass is 300 g/mol. The predicted molar refractivity (Wildman–Crippen MR) is 94.5 cm³/mol. The Labute approximate surface area is 136 Å². The van der Waals surface area contributed by atoms with E-state index in [1.807, 2.05) is 0 Å². The summed E-state index contributed by atoms with van der Waals surface area (Å²) in [6.45, 7) is 14.2. The fourth-order valence-electron chi connectivity index (χ4n) is 3.95. The molecule has 0 aliphatic carbocycles. The van der Waals surface area contributed by atoms with E-state index in [-0.39, 0.29) is 5.41 Å². The maximum Gasteiger partial charge on any atom is 0.0224 e. The van der Waals surface area contributed by atoms with Gasteiger partial charge in [0.25, 0.3) is 0 Å². The number of hydrogen-bond donors (Lipinski definition) is 1. The summed E-state index contributed by atoms with van der Waals surface area (Å²) in [7, 11) is 0. The molecule has 3 saturated heterocycles. The number of hydrogen-bond acceptors (Lipinski definition) is 2. The van der Waals surface area contributed by atoms with E-state index in [0.29, 0.717) is 5.92 Å². The molecule has 2 bridgehead atoms. The molecule has 0 spiro atoms. The number of nitrogens with one attached hydrogen (secondary N) is 1. The Balaban J connectivity index is 1.54. The van der Waals surface area contributed by atoms with Crippen LogP contribution in [0.3, 0.4) is 0 Å². The van der Waals surface area contributed by atoms with Crippen LogP contribution in [0.5, 0.6) is 0 Å². The lowest BCUT2D eigenvalue weighted by molar-refractivity contribution is 0.0723. The van der Waals surface area contributed by atoms with E-state index in [2.05, 4.69) is 62.2 Å². The fraction of sp³-hybridized carbons (Fsp3) is 0.700. The number of benzene rings is 1. The third-order valence-corrected chi connectivity index (χ3v) is 5.69. The number of fused-ring (bicyclic) bond motifs is 3. The maximum absolute atomic E-state index is 3.85. The third-order valence-electron chi connectivity index (χ3n) is 5.69. The second-order valence-electron chi connectivity index (χ2n) is 8.43. The molecule has 122 valence electrons. The van der Waals surface area contributed by atoms with Crippen molar-refractivity contribution in [1.29, 1.82) is 0 Å². The van der Waals surface area contributed by atoms with Gasteiger partial charge in [-0.3, -0.25) is 0 Å². The molecular weight excluding hydrogens is 268 g/mol. The van der Waals surface area contributed by atoms with Crippen LogP contribution in [0.25, 0.3) is 0 Å². The highest BCUT2D eigenvalue weighted by atomic mass is 15.2. The van der Waals surface area contributed by atoms with Gasteiger partial charge in [0, 0.05) is 19.1 Å². The summed E-state index contributed by atoms with van der Waals surface area (Å²) in [5.41, 5.74) is 3.13. The first-order valence-corrected chi connectivity index (χ1v) is 8.99. The molecule has 2 atom stereocenters. The Hall–Kier alpha value is -0.860. The second-order valence-corrected chi connectivity index (χ2v) is 8.43. The lowest BCUT2D eigenvalue weighted by atomic mass is 9.83. The van der Waals surface area contributed by atoms with Crippen LogP contribution in [0, 0.1) is 5.92 Å². The van der Waals surface area contributed by atoms with E-state index in [4.69, 9.17) is 0 Å². The van der Waals surface area contributed by atoms with Gasteiger partial charge in [-0.1, -0.05) is 52.0 Å². The minimum absolute atomic E-state index is 0.246. The lowest BCUT2D eigenvalue weighted by Gasteiger charge is -2.45. The van der Waals surface area contributed by atoms with Crippen molar-refractivity contribution < 1.29 is 0 Å². The largest absolute Gasteiger partial charge is 0.312 e. The normalized spacial score (nSPS) is 29.5. The molecule has 0 amide bonds. The Morgan fingerprint density at radius 3 is 2.27 bits per heavy atom. The Morgan fingerprint density at radius 1 is 1.14 bits per heavy atom. The summed E-state index contributed by atoms with van der Waals surface area (Å²) in [6, 6.07) is 9.98. The first kappa shape index (κ1) is 16.0. The van der Waals surface area contributed by atoms with Crippen LogP contribution in [0.4, 0.5) is 0 Å². The molecule has 0 unspecified atom stereocenters. The zero-order valence-corrected chi connectivity index (χ0v) is 14.7. The SMILES string of the molecule is C[C@@H](CN[C@@H]1CN2CCC1CC2)c1ccc(C(C)(C)C)cc1. The number of nitrogens with zero attached hydrogens (tertiary/aromatic N) is 1. The van der Waals surface area contributed by atoms with Gasteiger partial charge in [0.2, 0.25) is 0 Å². The van der Waals surface area contributed by atoms with E-state index in [1.54, 1.807) is 0 Å². The summed E-state index contributed by atoms with van der Waals surface area (Å²) in [5, 5.41) is 3.85. The highest BCUT2D eigenvalue weighted by Crippen LogP contribution is 2.28. The summed E-state index contributed by atoms with van der Waals surface area (Å²) in [5.74, 6) is 1.50. The molecule has 3 heterocycles. The Bertz CT molecular complexity index is 477. The maximum atomic E-state index is 3.85. The number of rotatable bonds is 4. The van der Waals surface area contributed by atoms with Crippen LogP contribution >= 0.6 is 0 Å². The standard InChI is InChI=1S/C20H32N2/c1-15(16-5-7-18(8-6-16)20(2,3)4)13-21-19-14-22-11-9-17(19)10-12-22/h5-8,15,17,19,21H,9-14H2,1-4H3/t15-,19+/m0/s1. The van der Waals surface area contributed by atoms with E-state index in [9.17, 15) is 0 Å². The molecule has 2 heteroatoms. The van der Waals surface area contributed by atoms with Crippen molar-refractivity contribution in [2.24, 2.45) is 5.92 Å². The average molecular weight is 300 g/mol. The highest BCUT2D eigenvalue weighted by molar-refractivity contribution is 5.29. The molecule has 2 nitrogen and oxygen atoms in total. The number of piperidine rings is 3. The van der Waals surface area contributed by atoms with E-state index >= 15 is 0 Å². The van der Waals surface area contributed by atoms with Gasteiger partial charge in [0.1, 0.15) is 0 Å². The molecule has 1 aromatic carbocycles. The van der Waals surface area contributed by atoms with Gasteiger partial charge in [0.05, 0.1) is 0 Å². The zero-order chi connectivity index (χ0) is 15.7. The Kier molecular flexibility index (Phi) is 4.61. The van der Waals surface area contributed by atoms with Crippen LogP contribution in [0.15, 0.2) is 24.3 Å². The first-order chi connectivity index (χ1) is 10.4. The van der Waals surface area contributed by atoms with Gasteiger partial charge in [-0.15, -0.1) is 0 Å². The Morgan fingerprint density at radius 2 is 1.77 bits per heavy atom. The van der Waals surface area contributed by atoms with Crippen molar-refractivity contribution >= 4 is 0 Å². The average Bonchev–Trinajstić information content (AvgIpc) is 2.53. The minimum atomic E-state index is 0.246. The third kappa shape index (κ3) is 3.55. The van der Waals surface area contributed by atoms with Crippen molar-refractivity contribution in [3.63, 3.8) is 0 Å². The summed E-state index contributed by atoms with van der Waals surface area (Å²) in [4.78, 5) is 2.63. The van der Waals surface area contributed by atoms with Crippen molar-refractivity contribution in [2.45, 2.75) is 57.9 Å². The molecule has 3 aliphatic rings. The van der Waals surface area contributed by atoms with E-state index in [0.717, 1.165) is 18.5 Å². The molecule has 1 aromatic rings. The second kappa shape index (κ2) is 6.33. The van der Waals surface area contributed by atoms with E-state index in [1.165, 1.54) is 43.6 Å². The molecule has 3 aliphatic heterocycles. The van der Waals surface area contributed by atoms with Gasteiger partial charge >= 0.3 is 0 Å². The van der Waals surface area contributed by atoms with Crippen LogP contribution in [-0.2, 0) is 5.41 Å². The minimum Gasteiger partial charge on any atom is -0.312 e. The topological polar surface area (TPSA) is 15.3 Å². The van der Waals surface area contributed by atoms with Crippen molar-refractivity contribution in [3.8, 4) is 0 Å². The molecule has 0 aromatic heterocycles. The van der Waals surface area contributed by atoms with Gasteiger partial charge in [-0.2, -0.15) is 0 Å². The molecule has 3 fully saturated rings. The molecule has 4 rings (SSSR count). The van der Waals surface area contributed by atoms with Gasteiger partial charge in [0.15, 0.2) is 0 Å².